The summed E-state index contributed by atoms with van der Waals surface area (Å²) < 4.78 is 5.01. The number of nitrogens with one attached hydrogen (secondary N) is 1. The number of halogens is 1. The Hall–Kier alpha value is -0.570. The molecule has 0 aliphatic heterocycles. The predicted octanol–water partition coefficient (Wildman–Crippen LogP) is 2.98. The van der Waals surface area contributed by atoms with Crippen LogP contribution in [0.1, 0.15) is 24.4 Å². The van der Waals surface area contributed by atoms with E-state index in [1.807, 2.05) is 18.2 Å². The zero-order valence-corrected chi connectivity index (χ0v) is 10.5. The van der Waals surface area contributed by atoms with Crippen molar-refractivity contribution in [2.75, 3.05) is 26.1 Å². The van der Waals surface area contributed by atoms with Crippen LogP contribution in [-0.4, -0.2) is 26.1 Å². The molecule has 0 aliphatic carbocycles. The van der Waals surface area contributed by atoms with E-state index in [0.29, 0.717) is 5.88 Å². The summed E-state index contributed by atoms with van der Waals surface area (Å²) in [6, 6.07) is 10.6. The van der Waals surface area contributed by atoms with Crippen LogP contribution in [0.5, 0.6) is 0 Å². The molecule has 1 aromatic rings. The Morgan fingerprint density at radius 2 is 2.00 bits per heavy atom. The van der Waals surface area contributed by atoms with Gasteiger partial charge in [0.25, 0.3) is 0 Å². The van der Waals surface area contributed by atoms with E-state index in [0.717, 1.165) is 26.0 Å². The van der Waals surface area contributed by atoms with Crippen LogP contribution >= 0.6 is 11.6 Å². The summed E-state index contributed by atoms with van der Waals surface area (Å²) >= 11 is 5.95. The highest BCUT2D eigenvalue weighted by Gasteiger charge is 2.07. The van der Waals surface area contributed by atoms with Gasteiger partial charge in [-0.15, -0.1) is 11.6 Å². The number of ether oxygens (including phenoxy) is 1. The van der Waals surface area contributed by atoms with Crippen LogP contribution in [0.25, 0.3) is 0 Å². The summed E-state index contributed by atoms with van der Waals surface area (Å²) in [7, 11) is 1.74. The molecule has 3 heteroatoms. The van der Waals surface area contributed by atoms with Crippen molar-refractivity contribution in [3.05, 3.63) is 35.9 Å². The number of unbranched alkanes of at least 4 members (excludes halogenated alkanes) is 1. The minimum absolute atomic E-state index is 0.255. The number of methoxy groups -OCH3 is 1. The molecule has 0 fully saturated rings. The molecule has 0 saturated carbocycles. The zero-order valence-electron chi connectivity index (χ0n) is 9.79. The fraction of sp³-hybridized carbons (Fsp3) is 0.538. The molecule has 1 unspecified atom stereocenters. The third-order valence-corrected chi connectivity index (χ3v) is 2.83. The van der Waals surface area contributed by atoms with E-state index in [4.69, 9.17) is 16.3 Å². The van der Waals surface area contributed by atoms with Crippen molar-refractivity contribution in [2.24, 2.45) is 0 Å². The van der Waals surface area contributed by atoms with E-state index in [-0.39, 0.29) is 6.04 Å². The smallest absolute Gasteiger partial charge is 0.0462 e. The second-order valence-corrected chi connectivity index (χ2v) is 4.08. The minimum Gasteiger partial charge on any atom is -0.385 e. The Labute approximate surface area is 103 Å². The second kappa shape index (κ2) is 8.57. The maximum atomic E-state index is 5.95. The van der Waals surface area contributed by atoms with Crippen LogP contribution in [0.4, 0.5) is 0 Å². The first-order chi connectivity index (χ1) is 7.88. The molecular weight excluding hydrogens is 222 g/mol. The van der Waals surface area contributed by atoms with Gasteiger partial charge in [-0.3, -0.25) is 0 Å². The van der Waals surface area contributed by atoms with E-state index >= 15 is 0 Å². The molecule has 1 atom stereocenters. The van der Waals surface area contributed by atoms with Crippen LogP contribution < -0.4 is 5.32 Å². The minimum atomic E-state index is 0.255. The monoisotopic (exact) mass is 241 g/mol. The first-order valence-corrected chi connectivity index (χ1v) is 6.25. The molecule has 0 heterocycles. The first kappa shape index (κ1) is 13.5. The molecule has 1 rings (SSSR count). The fourth-order valence-electron chi connectivity index (χ4n) is 1.59. The summed E-state index contributed by atoms with van der Waals surface area (Å²) in [4.78, 5) is 0. The molecule has 90 valence electrons. The molecule has 0 saturated heterocycles. The number of hydrogen-bond acceptors (Lipinski definition) is 2. The lowest BCUT2D eigenvalue weighted by Crippen LogP contribution is -2.23. The predicted molar refractivity (Wildman–Crippen MR) is 69.0 cm³/mol. The third kappa shape index (κ3) is 4.97. The average molecular weight is 242 g/mol. The fourth-order valence-corrected chi connectivity index (χ4v) is 1.88. The quantitative estimate of drug-likeness (QED) is 0.558. The largest absolute Gasteiger partial charge is 0.385 e. The Morgan fingerprint density at radius 3 is 2.62 bits per heavy atom. The van der Waals surface area contributed by atoms with Gasteiger partial charge in [0.2, 0.25) is 0 Å². The highest BCUT2D eigenvalue weighted by atomic mass is 35.5. The lowest BCUT2D eigenvalue weighted by molar-refractivity contribution is 0.192. The number of alkyl halides is 1. The highest BCUT2D eigenvalue weighted by Crippen LogP contribution is 2.13. The molecule has 2 nitrogen and oxygen atoms in total. The third-order valence-electron chi connectivity index (χ3n) is 2.52. The van der Waals surface area contributed by atoms with Crippen LogP contribution in [-0.2, 0) is 4.74 Å². The van der Waals surface area contributed by atoms with Crippen molar-refractivity contribution in [1.82, 2.24) is 5.32 Å². The van der Waals surface area contributed by atoms with Crippen LogP contribution in [0.3, 0.4) is 0 Å². The molecule has 1 N–H and O–H groups in total. The number of benzene rings is 1. The van der Waals surface area contributed by atoms with Gasteiger partial charge < -0.3 is 10.1 Å². The first-order valence-electron chi connectivity index (χ1n) is 5.71. The Balaban J connectivity index is 2.27. The Kier molecular flexibility index (Phi) is 7.23. The normalized spacial score (nSPS) is 12.6. The van der Waals surface area contributed by atoms with Gasteiger partial charge in [-0.1, -0.05) is 30.3 Å². The van der Waals surface area contributed by atoms with Crippen LogP contribution in [0.2, 0.25) is 0 Å². The summed E-state index contributed by atoms with van der Waals surface area (Å²) in [6.45, 7) is 1.81. The lowest BCUT2D eigenvalue weighted by atomic mass is 10.1. The van der Waals surface area contributed by atoms with Gasteiger partial charge in [0.05, 0.1) is 0 Å². The van der Waals surface area contributed by atoms with Gasteiger partial charge in [0.1, 0.15) is 0 Å². The van der Waals surface area contributed by atoms with Gasteiger partial charge in [0.15, 0.2) is 0 Å². The van der Waals surface area contributed by atoms with Crippen LogP contribution in [0.15, 0.2) is 30.3 Å². The maximum absolute atomic E-state index is 5.95. The summed E-state index contributed by atoms with van der Waals surface area (Å²) in [6.07, 6.45) is 2.21. The van der Waals surface area contributed by atoms with Crippen molar-refractivity contribution >= 4 is 11.6 Å². The topological polar surface area (TPSA) is 21.3 Å². The average Bonchev–Trinajstić information content (AvgIpc) is 2.35. The lowest BCUT2D eigenvalue weighted by Gasteiger charge is -2.16. The van der Waals surface area contributed by atoms with Crippen molar-refractivity contribution in [3.63, 3.8) is 0 Å². The van der Waals surface area contributed by atoms with Crippen molar-refractivity contribution in [2.45, 2.75) is 18.9 Å². The number of hydrogen-bond donors (Lipinski definition) is 1. The Bertz CT molecular complexity index is 266. The number of rotatable bonds is 8. The van der Waals surface area contributed by atoms with Gasteiger partial charge >= 0.3 is 0 Å². The highest BCUT2D eigenvalue weighted by molar-refractivity contribution is 6.18. The molecular formula is C13H20ClNO. The summed E-state index contributed by atoms with van der Waals surface area (Å²) in [5, 5.41) is 3.46. The van der Waals surface area contributed by atoms with E-state index in [1.165, 1.54) is 5.56 Å². The van der Waals surface area contributed by atoms with E-state index < -0.39 is 0 Å². The van der Waals surface area contributed by atoms with Crippen LogP contribution in [0, 0.1) is 0 Å². The molecule has 0 aliphatic rings. The summed E-state index contributed by atoms with van der Waals surface area (Å²) in [5.74, 6) is 0.605. The molecule has 16 heavy (non-hydrogen) atoms. The molecule has 1 aromatic carbocycles. The van der Waals surface area contributed by atoms with Gasteiger partial charge in [0, 0.05) is 25.6 Å². The molecule has 0 bridgehead atoms. The van der Waals surface area contributed by atoms with Gasteiger partial charge in [-0.05, 0) is 24.9 Å². The summed E-state index contributed by atoms with van der Waals surface area (Å²) in [5.41, 5.74) is 1.25. The Morgan fingerprint density at radius 1 is 1.25 bits per heavy atom. The molecule has 0 amide bonds. The van der Waals surface area contributed by atoms with E-state index in [9.17, 15) is 0 Å². The molecule has 0 spiro atoms. The second-order valence-electron chi connectivity index (χ2n) is 3.77. The molecule has 0 radical (unpaired) electrons. The SMILES string of the molecule is COCCCCNC(CCl)c1ccccc1. The van der Waals surface area contributed by atoms with E-state index in [1.54, 1.807) is 7.11 Å². The zero-order chi connectivity index (χ0) is 11.6. The van der Waals surface area contributed by atoms with Crippen molar-refractivity contribution in [3.8, 4) is 0 Å². The van der Waals surface area contributed by atoms with E-state index in [2.05, 4.69) is 17.4 Å². The maximum Gasteiger partial charge on any atom is 0.0462 e. The molecule has 0 aromatic heterocycles. The van der Waals surface area contributed by atoms with Gasteiger partial charge in [-0.2, -0.15) is 0 Å². The van der Waals surface area contributed by atoms with Gasteiger partial charge in [-0.25, -0.2) is 0 Å². The standard InChI is InChI=1S/C13H20ClNO/c1-16-10-6-5-9-15-13(11-14)12-7-3-2-4-8-12/h2-4,7-8,13,15H,5-6,9-11H2,1H3. The van der Waals surface area contributed by atoms with Crippen molar-refractivity contribution < 1.29 is 4.74 Å². The van der Waals surface area contributed by atoms with Crippen molar-refractivity contribution in [1.29, 1.82) is 0 Å².